The summed E-state index contributed by atoms with van der Waals surface area (Å²) in [4.78, 5) is 0. The Balaban J connectivity index is 2.07. The van der Waals surface area contributed by atoms with Gasteiger partial charge in [-0.15, -0.1) is 0 Å². The first kappa shape index (κ1) is 9.43. The second kappa shape index (κ2) is 3.94. The number of benzene rings is 1. The Bertz CT molecular complexity index is 319. The van der Waals surface area contributed by atoms with Gasteiger partial charge in [0.25, 0.3) is 0 Å². The summed E-state index contributed by atoms with van der Waals surface area (Å²) in [6.45, 7) is 1.05. The standard InChI is InChI=1S/C10H12FNO2/c11-7-3-1-2-4-9(7)14-10-6-12-5-8(10)13/h1-4,8,10,12-13H,5-6H2/t8-,10-/m1/s1. The molecule has 0 radical (unpaired) electrons. The monoisotopic (exact) mass is 197 g/mol. The summed E-state index contributed by atoms with van der Waals surface area (Å²) < 4.78 is 18.5. The normalized spacial score (nSPS) is 26.4. The zero-order chi connectivity index (χ0) is 9.97. The lowest BCUT2D eigenvalue weighted by Crippen LogP contribution is -2.30. The summed E-state index contributed by atoms with van der Waals surface area (Å²) in [7, 11) is 0. The lowest BCUT2D eigenvalue weighted by molar-refractivity contribution is 0.0710. The molecule has 3 nitrogen and oxygen atoms in total. The number of rotatable bonds is 2. The Hall–Kier alpha value is -1.13. The third-order valence-electron chi connectivity index (χ3n) is 2.24. The van der Waals surface area contributed by atoms with Crippen LogP contribution in [0.15, 0.2) is 24.3 Å². The van der Waals surface area contributed by atoms with E-state index in [0.29, 0.717) is 13.1 Å². The Morgan fingerprint density at radius 2 is 2.14 bits per heavy atom. The van der Waals surface area contributed by atoms with Gasteiger partial charge in [0.2, 0.25) is 0 Å². The third-order valence-corrected chi connectivity index (χ3v) is 2.24. The van der Waals surface area contributed by atoms with Crippen LogP contribution in [-0.4, -0.2) is 30.4 Å². The molecule has 0 bridgehead atoms. The van der Waals surface area contributed by atoms with Gasteiger partial charge in [0, 0.05) is 13.1 Å². The van der Waals surface area contributed by atoms with E-state index in [2.05, 4.69) is 5.32 Å². The fraction of sp³-hybridized carbons (Fsp3) is 0.400. The SMILES string of the molecule is O[C@@H]1CNC[C@H]1Oc1ccccc1F. The third kappa shape index (κ3) is 1.86. The highest BCUT2D eigenvalue weighted by Gasteiger charge is 2.27. The van der Waals surface area contributed by atoms with Crippen LogP contribution in [0.2, 0.25) is 0 Å². The molecule has 4 heteroatoms. The molecule has 76 valence electrons. The number of halogens is 1. The molecule has 1 aliphatic heterocycles. The second-order valence-electron chi connectivity index (χ2n) is 3.31. The van der Waals surface area contributed by atoms with Crippen molar-refractivity contribution in [3.8, 4) is 5.75 Å². The average molecular weight is 197 g/mol. The summed E-state index contributed by atoms with van der Waals surface area (Å²) in [5, 5.41) is 12.4. The molecular weight excluding hydrogens is 185 g/mol. The molecule has 0 unspecified atom stereocenters. The molecule has 1 aliphatic rings. The fourth-order valence-corrected chi connectivity index (χ4v) is 1.46. The Labute approximate surface area is 81.5 Å². The van der Waals surface area contributed by atoms with Gasteiger partial charge in [-0.05, 0) is 12.1 Å². The van der Waals surface area contributed by atoms with Crippen LogP contribution < -0.4 is 10.1 Å². The first-order chi connectivity index (χ1) is 6.77. The van der Waals surface area contributed by atoms with E-state index in [-0.39, 0.29) is 11.9 Å². The summed E-state index contributed by atoms with van der Waals surface area (Å²) >= 11 is 0. The molecule has 0 spiro atoms. The van der Waals surface area contributed by atoms with Crippen molar-refractivity contribution in [1.82, 2.24) is 5.32 Å². The smallest absolute Gasteiger partial charge is 0.165 e. The highest BCUT2D eigenvalue weighted by Crippen LogP contribution is 2.18. The molecule has 2 N–H and O–H groups in total. The number of aliphatic hydroxyl groups excluding tert-OH is 1. The molecule has 2 rings (SSSR count). The summed E-state index contributed by atoms with van der Waals surface area (Å²) in [5.74, 6) is -0.202. The second-order valence-corrected chi connectivity index (χ2v) is 3.31. The molecule has 1 aromatic carbocycles. The summed E-state index contributed by atoms with van der Waals surface area (Å²) in [5.41, 5.74) is 0. The van der Waals surface area contributed by atoms with E-state index >= 15 is 0 Å². The van der Waals surface area contributed by atoms with Gasteiger partial charge in [-0.25, -0.2) is 4.39 Å². The predicted molar refractivity (Wildman–Crippen MR) is 49.7 cm³/mol. The van der Waals surface area contributed by atoms with E-state index in [1.165, 1.54) is 6.07 Å². The van der Waals surface area contributed by atoms with Crippen LogP contribution in [-0.2, 0) is 0 Å². The topological polar surface area (TPSA) is 41.5 Å². The minimum Gasteiger partial charge on any atom is -0.483 e. The van der Waals surface area contributed by atoms with Gasteiger partial charge >= 0.3 is 0 Å². The van der Waals surface area contributed by atoms with E-state index in [9.17, 15) is 9.50 Å². The van der Waals surface area contributed by atoms with E-state index in [1.54, 1.807) is 18.2 Å². The number of hydrogen-bond donors (Lipinski definition) is 2. The zero-order valence-corrected chi connectivity index (χ0v) is 7.61. The number of para-hydroxylation sites is 1. The summed E-state index contributed by atoms with van der Waals surface area (Å²) in [6.07, 6.45) is -0.915. The van der Waals surface area contributed by atoms with Gasteiger partial charge < -0.3 is 15.2 Å². The Kier molecular flexibility index (Phi) is 2.65. The highest BCUT2D eigenvalue weighted by atomic mass is 19.1. The van der Waals surface area contributed by atoms with Crippen molar-refractivity contribution in [1.29, 1.82) is 0 Å². The van der Waals surface area contributed by atoms with Crippen molar-refractivity contribution >= 4 is 0 Å². The van der Waals surface area contributed by atoms with Crippen molar-refractivity contribution in [3.63, 3.8) is 0 Å². The first-order valence-corrected chi connectivity index (χ1v) is 4.57. The highest BCUT2D eigenvalue weighted by molar-refractivity contribution is 5.24. The predicted octanol–water partition coefficient (Wildman–Crippen LogP) is 0.537. The largest absolute Gasteiger partial charge is 0.483 e. The van der Waals surface area contributed by atoms with Gasteiger partial charge in [0.1, 0.15) is 12.2 Å². The van der Waals surface area contributed by atoms with Crippen LogP contribution in [0.1, 0.15) is 0 Å². The lowest BCUT2D eigenvalue weighted by Gasteiger charge is -2.16. The van der Waals surface area contributed by atoms with E-state index in [1.807, 2.05) is 0 Å². The minimum absolute atomic E-state index is 0.195. The molecule has 0 amide bonds. The first-order valence-electron chi connectivity index (χ1n) is 4.57. The maximum Gasteiger partial charge on any atom is 0.165 e. The van der Waals surface area contributed by atoms with Crippen molar-refractivity contribution in [2.75, 3.05) is 13.1 Å². The molecule has 0 saturated carbocycles. The van der Waals surface area contributed by atoms with Gasteiger partial charge in [0.05, 0.1) is 0 Å². The number of β-amino-alcohol motifs (C(OH)–C–C–N with tert-alkyl or cyclic N) is 1. The van der Waals surface area contributed by atoms with E-state index in [4.69, 9.17) is 4.74 Å². The van der Waals surface area contributed by atoms with Gasteiger partial charge in [-0.3, -0.25) is 0 Å². The number of ether oxygens (including phenoxy) is 1. The minimum atomic E-state index is -0.561. The van der Waals surface area contributed by atoms with Crippen LogP contribution in [0.4, 0.5) is 4.39 Å². The van der Waals surface area contributed by atoms with Crippen molar-refractivity contribution < 1.29 is 14.2 Å². The maximum atomic E-state index is 13.1. The van der Waals surface area contributed by atoms with Gasteiger partial charge in [-0.2, -0.15) is 0 Å². The van der Waals surface area contributed by atoms with Crippen LogP contribution in [0, 0.1) is 5.82 Å². The van der Waals surface area contributed by atoms with Gasteiger partial charge in [0.15, 0.2) is 11.6 Å². The Morgan fingerprint density at radius 3 is 2.79 bits per heavy atom. The molecular formula is C10H12FNO2. The van der Waals surface area contributed by atoms with E-state index in [0.717, 1.165) is 0 Å². The molecule has 1 heterocycles. The molecule has 14 heavy (non-hydrogen) atoms. The molecule has 1 saturated heterocycles. The van der Waals surface area contributed by atoms with Crippen LogP contribution >= 0.6 is 0 Å². The van der Waals surface area contributed by atoms with Crippen LogP contribution in [0.25, 0.3) is 0 Å². The zero-order valence-electron chi connectivity index (χ0n) is 7.61. The van der Waals surface area contributed by atoms with Crippen LogP contribution in [0.5, 0.6) is 5.75 Å². The van der Waals surface area contributed by atoms with Crippen molar-refractivity contribution in [2.24, 2.45) is 0 Å². The van der Waals surface area contributed by atoms with Crippen molar-refractivity contribution in [2.45, 2.75) is 12.2 Å². The molecule has 2 atom stereocenters. The summed E-state index contributed by atoms with van der Waals surface area (Å²) in [6, 6.07) is 6.20. The lowest BCUT2D eigenvalue weighted by atomic mass is 10.2. The Morgan fingerprint density at radius 1 is 1.36 bits per heavy atom. The molecule has 0 aromatic heterocycles. The number of aliphatic hydroxyl groups is 1. The molecule has 0 aliphatic carbocycles. The molecule has 1 fully saturated rings. The van der Waals surface area contributed by atoms with E-state index < -0.39 is 11.9 Å². The molecule has 1 aromatic rings. The number of nitrogens with one attached hydrogen (secondary N) is 1. The average Bonchev–Trinajstić information content (AvgIpc) is 2.56. The van der Waals surface area contributed by atoms with Crippen molar-refractivity contribution in [3.05, 3.63) is 30.1 Å². The number of hydrogen-bond acceptors (Lipinski definition) is 3. The van der Waals surface area contributed by atoms with Gasteiger partial charge in [-0.1, -0.05) is 12.1 Å². The fourth-order valence-electron chi connectivity index (χ4n) is 1.46. The maximum absolute atomic E-state index is 13.1. The quantitative estimate of drug-likeness (QED) is 0.727. The van der Waals surface area contributed by atoms with Crippen LogP contribution in [0.3, 0.4) is 0 Å².